The average molecular weight is 330 g/mol. The molecule has 0 bridgehead atoms. The number of benzene rings is 1. The van der Waals surface area contributed by atoms with E-state index in [4.69, 9.17) is 0 Å². The van der Waals surface area contributed by atoms with Crippen molar-refractivity contribution in [3.63, 3.8) is 0 Å². The molecule has 0 spiro atoms. The molecule has 0 aliphatic rings. The van der Waals surface area contributed by atoms with Crippen molar-refractivity contribution in [3.05, 3.63) is 30.1 Å². The maximum Gasteiger partial charge on any atom is 0.288 e. The molecule has 0 radical (unpaired) electrons. The van der Waals surface area contributed by atoms with E-state index < -0.39 is 5.76 Å². The monoisotopic (exact) mass is 330 g/mol. The van der Waals surface area contributed by atoms with Gasteiger partial charge in [0.05, 0.1) is 5.75 Å². The van der Waals surface area contributed by atoms with Gasteiger partial charge in [0, 0.05) is 10.6 Å². The number of aryl methyl sites for hydroxylation is 1. The number of alkyl halides is 2. The van der Waals surface area contributed by atoms with Crippen LogP contribution in [0.3, 0.4) is 0 Å². The Hall–Kier alpha value is -1.61. The van der Waals surface area contributed by atoms with E-state index in [0.717, 1.165) is 0 Å². The van der Waals surface area contributed by atoms with Gasteiger partial charge in [-0.1, -0.05) is 23.5 Å². The van der Waals surface area contributed by atoms with E-state index in [1.54, 1.807) is 19.1 Å². The van der Waals surface area contributed by atoms with Crippen molar-refractivity contribution in [3.8, 4) is 0 Å². The minimum absolute atomic E-state index is 0.171. The van der Waals surface area contributed by atoms with Gasteiger partial charge < -0.3 is 5.32 Å². The first-order valence-corrected chi connectivity index (χ1v) is 7.76. The van der Waals surface area contributed by atoms with Crippen LogP contribution < -0.4 is 5.32 Å². The highest BCUT2D eigenvalue weighted by molar-refractivity contribution is 8.00. The lowest BCUT2D eigenvalue weighted by Crippen LogP contribution is -2.14. The Morgan fingerprint density at radius 3 is 2.67 bits per heavy atom. The van der Waals surface area contributed by atoms with Crippen molar-refractivity contribution in [2.75, 3.05) is 11.1 Å². The summed E-state index contributed by atoms with van der Waals surface area (Å²) in [5, 5.41) is 9.78. The molecule has 2 aromatic rings. The Balaban J connectivity index is 1.82. The normalized spacial score (nSPS) is 10.9. The van der Waals surface area contributed by atoms with Gasteiger partial charge in [-0.15, -0.1) is 5.10 Å². The molecule has 0 aliphatic heterocycles. The molecule has 0 unspecified atom stereocenters. The molecule has 0 saturated heterocycles. The van der Waals surface area contributed by atoms with E-state index in [0.29, 0.717) is 33.3 Å². The molecule has 0 atom stereocenters. The molecule has 0 aliphatic carbocycles. The second kappa shape index (κ2) is 7.41. The molecular formula is C12H12F2N4OS2. The summed E-state index contributed by atoms with van der Waals surface area (Å²) in [6.45, 7) is 1.77. The number of carbonyl (C=O) groups is 1. The van der Waals surface area contributed by atoms with Crippen molar-refractivity contribution < 1.29 is 13.6 Å². The van der Waals surface area contributed by atoms with E-state index in [1.165, 1.54) is 23.9 Å². The standard InChI is InChI=1S/C12H12F2N4OS2/c1-7-15-12(18-17-7)20-6-10(19)16-8-2-4-9(5-3-8)21-11(13)14/h2-5,11H,6H2,1H3,(H,16,19)(H,15,17,18). The van der Waals surface area contributed by atoms with Gasteiger partial charge in [-0.2, -0.15) is 8.78 Å². The highest BCUT2D eigenvalue weighted by Crippen LogP contribution is 2.26. The van der Waals surface area contributed by atoms with Crippen LogP contribution in [-0.2, 0) is 4.79 Å². The average Bonchev–Trinajstić information content (AvgIpc) is 2.84. The molecule has 1 heterocycles. The van der Waals surface area contributed by atoms with E-state index in [2.05, 4.69) is 20.5 Å². The fourth-order valence-corrected chi connectivity index (χ4v) is 2.58. The van der Waals surface area contributed by atoms with Crippen LogP contribution in [-0.4, -0.2) is 32.6 Å². The quantitative estimate of drug-likeness (QED) is 0.796. The van der Waals surface area contributed by atoms with Crippen molar-refractivity contribution in [2.45, 2.75) is 22.7 Å². The zero-order chi connectivity index (χ0) is 15.2. The summed E-state index contributed by atoms with van der Waals surface area (Å²) >= 11 is 1.68. The predicted octanol–water partition coefficient (Wildman–Crippen LogP) is 3.16. The smallest absolute Gasteiger partial charge is 0.288 e. The summed E-state index contributed by atoms with van der Waals surface area (Å²) in [6.07, 6.45) is 0. The summed E-state index contributed by atoms with van der Waals surface area (Å²) < 4.78 is 24.3. The Morgan fingerprint density at radius 2 is 2.10 bits per heavy atom. The summed E-state index contributed by atoms with van der Waals surface area (Å²) in [6, 6.07) is 6.25. The zero-order valence-corrected chi connectivity index (χ0v) is 12.6. The number of hydrogen-bond donors (Lipinski definition) is 2. The Bertz CT molecular complexity index is 604. The summed E-state index contributed by atoms with van der Waals surface area (Å²) in [5.41, 5.74) is 0.561. The van der Waals surface area contributed by atoms with Crippen molar-refractivity contribution in [1.82, 2.24) is 15.2 Å². The minimum atomic E-state index is -2.45. The van der Waals surface area contributed by atoms with Gasteiger partial charge in [0.1, 0.15) is 5.82 Å². The van der Waals surface area contributed by atoms with Crippen LogP contribution in [0, 0.1) is 6.92 Å². The first-order valence-electron chi connectivity index (χ1n) is 5.89. The van der Waals surface area contributed by atoms with Crippen LogP contribution in [0.4, 0.5) is 14.5 Å². The van der Waals surface area contributed by atoms with Gasteiger partial charge in [-0.05, 0) is 31.2 Å². The van der Waals surface area contributed by atoms with Crippen LogP contribution in [0.2, 0.25) is 0 Å². The van der Waals surface area contributed by atoms with Gasteiger partial charge in [0.15, 0.2) is 0 Å². The number of aromatic amines is 1. The van der Waals surface area contributed by atoms with Crippen molar-refractivity contribution >= 4 is 35.1 Å². The SMILES string of the molecule is Cc1nc(SCC(=O)Nc2ccc(SC(F)F)cc2)n[nH]1. The Morgan fingerprint density at radius 1 is 1.38 bits per heavy atom. The molecule has 0 saturated carbocycles. The second-order valence-electron chi connectivity index (χ2n) is 3.94. The molecule has 2 rings (SSSR count). The molecule has 9 heteroatoms. The van der Waals surface area contributed by atoms with Crippen LogP contribution >= 0.6 is 23.5 Å². The summed E-state index contributed by atoms with van der Waals surface area (Å²) in [4.78, 5) is 16.3. The molecule has 21 heavy (non-hydrogen) atoms. The van der Waals surface area contributed by atoms with E-state index >= 15 is 0 Å². The number of aromatic nitrogens is 3. The number of anilines is 1. The largest absolute Gasteiger partial charge is 0.325 e. The van der Waals surface area contributed by atoms with Gasteiger partial charge in [-0.25, -0.2) is 4.98 Å². The first-order chi connectivity index (χ1) is 10.0. The number of H-pyrrole nitrogens is 1. The third-order valence-corrected chi connectivity index (χ3v) is 3.84. The maximum atomic E-state index is 12.2. The van der Waals surface area contributed by atoms with Crippen LogP contribution in [0.15, 0.2) is 34.3 Å². The van der Waals surface area contributed by atoms with E-state index in [-0.39, 0.29) is 11.7 Å². The zero-order valence-electron chi connectivity index (χ0n) is 11.0. The number of carbonyl (C=O) groups excluding carboxylic acids is 1. The Kier molecular flexibility index (Phi) is 5.57. The number of nitrogens with one attached hydrogen (secondary N) is 2. The van der Waals surface area contributed by atoms with Gasteiger partial charge in [-0.3, -0.25) is 9.89 Å². The van der Waals surface area contributed by atoms with Gasteiger partial charge >= 0.3 is 0 Å². The molecule has 0 fully saturated rings. The van der Waals surface area contributed by atoms with Gasteiger partial charge in [0.25, 0.3) is 5.76 Å². The topological polar surface area (TPSA) is 70.7 Å². The highest BCUT2D eigenvalue weighted by Gasteiger charge is 2.08. The number of rotatable bonds is 6. The van der Waals surface area contributed by atoms with Crippen LogP contribution in [0.1, 0.15) is 5.82 Å². The van der Waals surface area contributed by atoms with Crippen LogP contribution in [0.5, 0.6) is 0 Å². The third-order valence-electron chi connectivity index (χ3n) is 2.27. The highest BCUT2D eigenvalue weighted by atomic mass is 32.2. The lowest BCUT2D eigenvalue weighted by molar-refractivity contribution is -0.113. The number of hydrogen-bond acceptors (Lipinski definition) is 5. The number of halogens is 2. The maximum absolute atomic E-state index is 12.2. The fourth-order valence-electron chi connectivity index (χ4n) is 1.43. The molecule has 1 aromatic heterocycles. The number of nitrogens with zero attached hydrogens (tertiary/aromatic N) is 2. The van der Waals surface area contributed by atoms with Crippen molar-refractivity contribution in [1.29, 1.82) is 0 Å². The molecule has 112 valence electrons. The molecule has 1 aromatic carbocycles. The lowest BCUT2D eigenvalue weighted by Gasteiger charge is -2.05. The predicted molar refractivity (Wildman–Crippen MR) is 78.8 cm³/mol. The third kappa shape index (κ3) is 5.35. The second-order valence-corrected chi connectivity index (χ2v) is 5.95. The fraction of sp³-hybridized carbons (Fsp3) is 0.250. The minimum Gasteiger partial charge on any atom is -0.325 e. The Labute approximate surface area is 128 Å². The molecule has 5 nitrogen and oxygen atoms in total. The van der Waals surface area contributed by atoms with E-state index in [9.17, 15) is 13.6 Å². The van der Waals surface area contributed by atoms with E-state index in [1.807, 2.05) is 0 Å². The summed E-state index contributed by atoms with van der Waals surface area (Å²) in [7, 11) is 0. The summed E-state index contributed by atoms with van der Waals surface area (Å²) in [5.74, 6) is -1.81. The number of thioether (sulfide) groups is 2. The molecule has 2 N–H and O–H groups in total. The van der Waals surface area contributed by atoms with Crippen molar-refractivity contribution in [2.24, 2.45) is 0 Å². The van der Waals surface area contributed by atoms with Crippen LogP contribution in [0.25, 0.3) is 0 Å². The molecule has 1 amide bonds. The van der Waals surface area contributed by atoms with Gasteiger partial charge in [0.2, 0.25) is 11.1 Å². The first kappa shape index (κ1) is 15.8. The molecular weight excluding hydrogens is 318 g/mol. The number of amides is 1. The lowest BCUT2D eigenvalue weighted by atomic mass is 10.3.